The first kappa shape index (κ1) is 31.8. The molecule has 1 aliphatic heterocycles. The third-order valence-corrected chi connectivity index (χ3v) is 7.56. The minimum atomic E-state index is -0.921. The summed E-state index contributed by atoms with van der Waals surface area (Å²) in [5.74, 6) is 0.755. The first-order valence-corrected chi connectivity index (χ1v) is 14.1. The molecule has 2 heterocycles. The van der Waals surface area contributed by atoms with Gasteiger partial charge in [0.15, 0.2) is 11.5 Å². The summed E-state index contributed by atoms with van der Waals surface area (Å²) in [6.45, 7) is 8.43. The molecule has 1 aliphatic rings. The third kappa shape index (κ3) is 6.93. The van der Waals surface area contributed by atoms with Crippen LogP contribution in [-0.4, -0.2) is 67.1 Å². The molecule has 0 aliphatic carbocycles. The van der Waals surface area contributed by atoms with Crippen molar-refractivity contribution in [3.05, 3.63) is 77.1 Å². The number of hydrogen-bond acceptors (Lipinski definition) is 8. The highest BCUT2D eigenvalue weighted by Gasteiger charge is 2.27. The van der Waals surface area contributed by atoms with E-state index in [1.807, 2.05) is 50.6 Å². The number of morpholine rings is 1. The van der Waals surface area contributed by atoms with Crippen LogP contribution in [0.3, 0.4) is 0 Å². The fourth-order valence-electron chi connectivity index (χ4n) is 4.90. The van der Waals surface area contributed by atoms with E-state index < -0.39 is 11.4 Å². The molecule has 1 aromatic heterocycles. The van der Waals surface area contributed by atoms with Crippen molar-refractivity contribution in [1.82, 2.24) is 9.55 Å². The van der Waals surface area contributed by atoms with Crippen LogP contribution in [0.15, 0.2) is 54.6 Å². The number of carbonyl (C=O) groups is 2. The Morgan fingerprint density at radius 1 is 1.00 bits per heavy atom. The fraction of sp³-hybridized carbons (Fsp3) is 0.333. The maximum Gasteiger partial charge on any atom is 0.335 e. The van der Waals surface area contributed by atoms with Crippen LogP contribution in [0.2, 0.25) is 0 Å². The molecule has 11 heteroatoms. The van der Waals surface area contributed by atoms with Crippen LogP contribution in [0.4, 0.5) is 11.4 Å². The number of imidazole rings is 1. The molecule has 1 saturated heterocycles. The lowest BCUT2D eigenvalue weighted by Gasteiger charge is -2.33. The second-order valence-electron chi connectivity index (χ2n) is 10.8. The van der Waals surface area contributed by atoms with Gasteiger partial charge in [-0.1, -0.05) is 6.07 Å². The van der Waals surface area contributed by atoms with E-state index in [0.717, 1.165) is 41.2 Å². The second kappa shape index (κ2) is 13.5. The topological polar surface area (TPSA) is 139 Å². The lowest BCUT2D eigenvalue weighted by atomic mass is 9.84. The van der Waals surface area contributed by atoms with E-state index in [-0.39, 0.29) is 11.5 Å². The molecule has 44 heavy (non-hydrogen) atoms. The largest absolute Gasteiger partial charge is 0.493 e. The Kier molecular flexibility index (Phi) is 9.76. The zero-order valence-corrected chi connectivity index (χ0v) is 25.8. The predicted molar refractivity (Wildman–Crippen MR) is 168 cm³/mol. The molecule has 5 rings (SSSR count). The maximum absolute atomic E-state index is 12.8. The number of amides is 1. The van der Waals surface area contributed by atoms with Crippen molar-refractivity contribution in [3.63, 3.8) is 0 Å². The van der Waals surface area contributed by atoms with E-state index in [1.54, 1.807) is 43.5 Å². The van der Waals surface area contributed by atoms with Crippen molar-refractivity contribution in [1.29, 1.82) is 5.26 Å². The molecule has 1 fully saturated rings. The van der Waals surface area contributed by atoms with E-state index in [9.17, 15) is 14.9 Å². The Morgan fingerprint density at radius 3 is 2.32 bits per heavy atom. The Morgan fingerprint density at radius 2 is 1.68 bits per heavy atom. The van der Waals surface area contributed by atoms with Gasteiger partial charge in [-0.15, -0.1) is 0 Å². The summed E-state index contributed by atoms with van der Waals surface area (Å²) in [7, 11) is 4.99. The van der Waals surface area contributed by atoms with Crippen LogP contribution in [0.5, 0.6) is 11.5 Å². The number of benzene rings is 3. The van der Waals surface area contributed by atoms with Gasteiger partial charge in [-0.3, -0.25) is 4.79 Å². The van der Waals surface area contributed by atoms with Gasteiger partial charge in [-0.2, -0.15) is 5.26 Å². The van der Waals surface area contributed by atoms with Gasteiger partial charge in [0.05, 0.1) is 55.5 Å². The molecule has 11 nitrogen and oxygen atoms in total. The Bertz CT molecular complexity index is 1720. The summed E-state index contributed by atoms with van der Waals surface area (Å²) in [5.41, 5.74) is 4.29. The summed E-state index contributed by atoms with van der Waals surface area (Å²) in [4.78, 5) is 30.0. The average Bonchev–Trinajstić information content (AvgIpc) is 3.33. The summed E-state index contributed by atoms with van der Waals surface area (Å²) < 4.78 is 17.9. The number of methoxy groups -OCH3 is 2. The van der Waals surface area contributed by atoms with E-state index in [1.165, 1.54) is 7.11 Å². The smallest absolute Gasteiger partial charge is 0.335 e. The zero-order chi connectivity index (χ0) is 32.0. The van der Waals surface area contributed by atoms with Gasteiger partial charge in [0, 0.05) is 37.1 Å². The number of nitrogens with zero attached hydrogens (tertiary/aromatic N) is 4. The van der Waals surface area contributed by atoms with Gasteiger partial charge in [0.2, 0.25) is 0 Å². The van der Waals surface area contributed by atoms with Gasteiger partial charge in [0.25, 0.3) is 5.91 Å². The molecule has 0 bridgehead atoms. The number of nitriles is 1. The standard InChI is InChI=1S/C23H27N3O4.C10H10N2O2/c1-23(2,15-24)18-7-6-17(14-19(18)26-9-11-30-12-10-26)25-22(27)16-5-8-20(28-3)21(13-16)29-4;1-6-11-8-5-7(10(13)14)3-4-9(8)12(6)2/h5-8,13-14H,9-12H2,1-4H3,(H,25,27);3-5H,1-2H3,(H,13,14). The van der Waals surface area contributed by atoms with Crippen LogP contribution in [-0.2, 0) is 17.2 Å². The molecule has 3 aromatic carbocycles. The number of hydrogen-bond donors (Lipinski definition) is 2. The van der Waals surface area contributed by atoms with E-state index in [4.69, 9.17) is 19.3 Å². The van der Waals surface area contributed by atoms with Gasteiger partial charge >= 0.3 is 5.97 Å². The second-order valence-corrected chi connectivity index (χ2v) is 10.8. The fourth-order valence-corrected chi connectivity index (χ4v) is 4.90. The lowest BCUT2D eigenvalue weighted by molar-refractivity contribution is 0.0696. The van der Waals surface area contributed by atoms with Crippen molar-refractivity contribution in [2.75, 3.05) is 50.7 Å². The Balaban J connectivity index is 0.000000262. The summed E-state index contributed by atoms with van der Waals surface area (Å²) in [6, 6.07) is 18.0. The van der Waals surface area contributed by atoms with Crippen molar-refractivity contribution in [3.8, 4) is 17.6 Å². The predicted octanol–water partition coefficient (Wildman–Crippen LogP) is 5.17. The Hall–Kier alpha value is -5.08. The van der Waals surface area contributed by atoms with Crippen molar-refractivity contribution < 1.29 is 28.9 Å². The number of fused-ring (bicyclic) bond motifs is 1. The monoisotopic (exact) mass is 599 g/mol. The van der Waals surface area contributed by atoms with Crippen molar-refractivity contribution in [2.45, 2.75) is 26.2 Å². The van der Waals surface area contributed by atoms with Crippen molar-refractivity contribution >= 4 is 34.3 Å². The van der Waals surface area contributed by atoms with Crippen LogP contribution < -0.4 is 19.7 Å². The highest BCUT2D eigenvalue weighted by Crippen LogP contribution is 2.35. The molecular weight excluding hydrogens is 562 g/mol. The van der Waals surface area contributed by atoms with Gasteiger partial charge < -0.3 is 34.1 Å². The highest BCUT2D eigenvalue weighted by atomic mass is 16.5. The number of carbonyl (C=O) groups excluding carboxylic acids is 1. The van der Waals surface area contributed by atoms with Gasteiger partial charge in [-0.05, 0) is 74.9 Å². The summed E-state index contributed by atoms with van der Waals surface area (Å²) >= 11 is 0. The minimum absolute atomic E-state index is 0.254. The number of aryl methyl sites for hydroxylation is 2. The van der Waals surface area contributed by atoms with Gasteiger partial charge in [-0.25, -0.2) is 9.78 Å². The molecule has 2 N–H and O–H groups in total. The number of ether oxygens (including phenoxy) is 3. The summed E-state index contributed by atoms with van der Waals surface area (Å²) in [6.07, 6.45) is 0. The number of rotatable bonds is 7. The number of nitrogens with one attached hydrogen (secondary N) is 1. The molecule has 0 unspecified atom stereocenters. The third-order valence-electron chi connectivity index (χ3n) is 7.56. The molecule has 0 spiro atoms. The number of aromatic carboxylic acids is 1. The van der Waals surface area contributed by atoms with E-state index in [2.05, 4.69) is 21.3 Å². The van der Waals surface area contributed by atoms with Gasteiger partial charge in [0.1, 0.15) is 5.82 Å². The number of anilines is 2. The first-order chi connectivity index (χ1) is 21.0. The first-order valence-electron chi connectivity index (χ1n) is 14.1. The van der Waals surface area contributed by atoms with E-state index >= 15 is 0 Å². The van der Waals surface area contributed by atoms with Crippen LogP contribution >= 0.6 is 0 Å². The average molecular weight is 600 g/mol. The quantitative estimate of drug-likeness (QED) is 0.294. The van der Waals surface area contributed by atoms with Crippen LogP contribution in [0, 0.1) is 18.3 Å². The van der Waals surface area contributed by atoms with Crippen LogP contribution in [0.25, 0.3) is 11.0 Å². The number of carboxylic acids is 1. The molecule has 0 saturated carbocycles. The van der Waals surface area contributed by atoms with E-state index in [0.29, 0.717) is 36.0 Å². The molecular formula is C33H37N5O6. The summed E-state index contributed by atoms with van der Waals surface area (Å²) in [5, 5.41) is 21.4. The SMILES string of the molecule is COc1ccc(C(=O)Nc2ccc(C(C)(C)C#N)c(N3CCOCC3)c2)cc1OC.Cc1nc2cc(C(=O)O)ccc2n1C. The van der Waals surface area contributed by atoms with Crippen LogP contribution in [0.1, 0.15) is 46.0 Å². The Labute approximate surface area is 256 Å². The zero-order valence-electron chi connectivity index (χ0n) is 25.8. The molecule has 4 aromatic rings. The maximum atomic E-state index is 12.8. The lowest BCUT2D eigenvalue weighted by Crippen LogP contribution is -2.37. The normalized spacial score (nSPS) is 13.0. The minimum Gasteiger partial charge on any atom is -0.493 e. The highest BCUT2D eigenvalue weighted by molar-refractivity contribution is 6.05. The van der Waals surface area contributed by atoms with Crippen molar-refractivity contribution in [2.24, 2.45) is 7.05 Å². The number of aromatic nitrogens is 2. The molecule has 0 radical (unpaired) electrons. The molecule has 0 atom stereocenters. The number of carboxylic acid groups (broad SMARTS) is 1. The molecule has 1 amide bonds. The molecule has 230 valence electrons.